The first kappa shape index (κ1) is 17.1. The van der Waals surface area contributed by atoms with Crippen molar-refractivity contribution in [2.24, 2.45) is 0 Å². The summed E-state index contributed by atoms with van der Waals surface area (Å²) in [5.41, 5.74) is 0.274. The number of ether oxygens (including phenoxy) is 1. The van der Waals surface area contributed by atoms with E-state index in [2.05, 4.69) is 0 Å². The summed E-state index contributed by atoms with van der Waals surface area (Å²) in [5, 5.41) is 8.52. The van der Waals surface area contributed by atoms with Gasteiger partial charge in [-0.05, 0) is 23.8 Å². The van der Waals surface area contributed by atoms with Gasteiger partial charge in [0.1, 0.15) is 10.6 Å². The minimum Gasteiger partial charge on any atom is -0.495 e. The summed E-state index contributed by atoms with van der Waals surface area (Å²) in [5.74, 6) is -1.24. The molecule has 0 aromatic heterocycles. The second-order valence-electron chi connectivity index (χ2n) is 3.82. The molecular formula is C12H13F2NO5S. The van der Waals surface area contributed by atoms with E-state index in [9.17, 15) is 22.0 Å². The van der Waals surface area contributed by atoms with E-state index in [1.807, 2.05) is 0 Å². The van der Waals surface area contributed by atoms with E-state index in [4.69, 9.17) is 9.84 Å². The van der Waals surface area contributed by atoms with Crippen molar-refractivity contribution in [2.45, 2.75) is 11.3 Å². The normalized spacial score (nSPS) is 12.0. The SMILES string of the molecule is COc1ccc(/C=C/C(=O)O)cc1S(=O)(=O)NCC(F)F. The van der Waals surface area contributed by atoms with Gasteiger partial charge < -0.3 is 9.84 Å². The van der Waals surface area contributed by atoms with Crippen molar-refractivity contribution in [2.75, 3.05) is 13.7 Å². The predicted molar refractivity (Wildman–Crippen MR) is 70.9 cm³/mol. The van der Waals surface area contributed by atoms with E-state index in [-0.39, 0.29) is 16.2 Å². The van der Waals surface area contributed by atoms with Crippen LogP contribution in [0.4, 0.5) is 8.78 Å². The molecule has 1 aromatic rings. The van der Waals surface area contributed by atoms with Gasteiger partial charge in [0.25, 0.3) is 6.43 Å². The zero-order chi connectivity index (χ0) is 16.0. The zero-order valence-electron chi connectivity index (χ0n) is 10.9. The van der Waals surface area contributed by atoms with Gasteiger partial charge in [-0.25, -0.2) is 26.7 Å². The van der Waals surface area contributed by atoms with Crippen LogP contribution in [0.15, 0.2) is 29.2 Å². The van der Waals surface area contributed by atoms with Gasteiger partial charge in [-0.2, -0.15) is 0 Å². The van der Waals surface area contributed by atoms with Crippen molar-refractivity contribution < 1.29 is 31.8 Å². The molecule has 0 bridgehead atoms. The lowest BCUT2D eigenvalue weighted by Gasteiger charge is -2.11. The number of rotatable bonds is 7. The number of carboxylic acid groups (broad SMARTS) is 1. The molecule has 0 fully saturated rings. The molecule has 0 unspecified atom stereocenters. The van der Waals surface area contributed by atoms with Crippen LogP contribution < -0.4 is 9.46 Å². The van der Waals surface area contributed by atoms with E-state index >= 15 is 0 Å². The van der Waals surface area contributed by atoms with Gasteiger partial charge in [0.05, 0.1) is 13.7 Å². The molecule has 0 atom stereocenters. The number of nitrogens with one attached hydrogen (secondary N) is 1. The molecule has 0 saturated carbocycles. The first-order valence-corrected chi connectivity index (χ1v) is 7.11. The monoisotopic (exact) mass is 321 g/mol. The minimum atomic E-state index is -4.20. The molecule has 1 rings (SSSR count). The number of alkyl halides is 2. The molecule has 0 aliphatic heterocycles. The van der Waals surface area contributed by atoms with E-state index < -0.39 is 29.0 Å². The van der Waals surface area contributed by atoms with Crippen molar-refractivity contribution in [3.05, 3.63) is 29.8 Å². The first-order valence-electron chi connectivity index (χ1n) is 5.63. The number of carbonyl (C=O) groups is 1. The number of hydrogen-bond acceptors (Lipinski definition) is 4. The Morgan fingerprint density at radius 2 is 2.14 bits per heavy atom. The quantitative estimate of drug-likeness (QED) is 0.739. The molecule has 0 amide bonds. The maximum atomic E-state index is 12.1. The van der Waals surface area contributed by atoms with Crippen molar-refractivity contribution >= 4 is 22.1 Å². The standard InChI is InChI=1S/C12H13F2NO5S/c1-20-9-4-2-8(3-5-12(16)17)6-10(9)21(18,19)15-7-11(13)14/h2-6,11,15H,7H2,1H3,(H,16,17)/b5-3+. The van der Waals surface area contributed by atoms with Crippen LogP contribution in [0.1, 0.15) is 5.56 Å². The molecule has 0 spiro atoms. The van der Waals surface area contributed by atoms with Crippen molar-refractivity contribution in [3.8, 4) is 5.75 Å². The van der Waals surface area contributed by atoms with Gasteiger partial charge in [-0.3, -0.25) is 0 Å². The topological polar surface area (TPSA) is 92.7 Å². The van der Waals surface area contributed by atoms with Crippen LogP contribution in [-0.4, -0.2) is 39.6 Å². The predicted octanol–water partition coefficient (Wildman–Crippen LogP) is 1.34. The average molecular weight is 321 g/mol. The van der Waals surface area contributed by atoms with Crippen molar-refractivity contribution in [1.82, 2.24) is 4.72 Å². The van der Waals surface area contributed by atoms with E-state index in [0.717, 1.165) is 12.1 Å². The lowest BCUT2D eigenvalue weighted by Crippen LogP contribution is -2.29. The number of sulfonamides is 1. The van der Waals surface area contributed by atoms with Gasteiger partial charge >= 0.3 is 5.97 Å². The molecule has 0 radical (unpaired) electrons. The Bertz CT molecular complexity index is 643. The smallest absolute Gasteiger partial charge is 0.328 e. The molecule has 21 heavy (non-hydrogen) atoms. The highest BCUT2D eigenvalue weighted by Gasteiger charge is 2.21. The maximum Gasteiger partial charge on any atom is 0.328 e. The molecular weight excluding hydrogens is 308 g/mol. The fraction of sp³-hybridized carbons (Fsp3) is 0.250. The number of benzene rings is 1. The first-order chi connectivity index (χ1) is 9.76. The van der Waals surface area contributed by atoms with Crippen molar-refractivity contribution in [3.63, 3.8) is 0 Å². The maximum absolute atomic E-state index is 12.1. The van der Waals surface area contributed by atoms with Crippen LogP contribution in [0.25, 0.3) is 6.08 Å². The summed E-state index contributed by atoms with van der Waals surface area (Å²) in [7, 11) is -2.97. The third kappa shape index (κ3) is 5.12. The third-order valence-corrected chi connectivity index (χ3v) is 3.77. The molecule has 116 valence electrons. The van der Waals surface area contributed by atoms with E-state index in [0.29, 0.717) is 0 Å². The molecule has 0 aliphatic rings. The molecule has 0 heterocycles. The van der Waals surface area contributed by atoms with Gasteiger partial charge in [0.2, 0.25) is 10.0 Å². The van der Waals surface area contributed by atoms with Crippen LogP contribution in [0.5, 0.6) is 5.75 Å². The third-order valence-electron chi connectivity index (χ3n) is 2.32. The Morgan fingerprint density at radius 1 is 1.48 bits per heavy atom. The average Bonchev–Trinajstić information content (AvgIpc) is 2.42. The Balaban J connectivity index is 3.19. The van der Waals surface area contributed by atoms with Gasteiger partial charge in [-0.15, -0.1) is 0 Å². The molecule has 6 nitrogen and oxygen atoms in total. The summed E-state index contributed by atoms with van der Waals surface area (Å²) in [6.07, 6.45) is -0.834. The van der Waals surface area contributed by atoms with Crippen LogP contribution in [0.2, 0.25) is 0 Å². The molecule has 0 aliphatic carbocycles. The highest BCUT2D eigenvalue weighted by atomic mass is 32.2. The van der Waals surface area contributed by atoms with Crippen molar-refractivity contribution in [1.29, 1.82) is 0 Å². The molecule has 0 saturated heterocycles. The minimum absolute atomic E-state index is 0.0377. The van der Waals surface area contributed by atoms with Gasteiger partial charge in [-0.1, -0.05) is 6.07 Å². The summed E-state index contributed by atoms with van der Waals surface area (Å²) in [4.78, 5) is 10.1. The number of aliphatic carboxylic acids is 1. The number of halogens is 2. The fourth-order valence-corrected chi connectivity index (χ4v) is 2.63. The van der Waals surface area contributed by atoms with E-state index in [1.54, 1.807) is 4.72 Å². The summed E-state index contributed by atoms with van der Waals surface area (Å²) in [6.45, 7) is -1.03. The van der Waals surface area contributed by atoms with E-state index in [1.165, 1.54) is 25.3 Å². The summed E-state index contributed by atoms with van der Waals surface area (Å²) in [6, 6.07) is 3.87. The molecule has 9 heteroatoms. The zero-order valence-corrected chi connectivity index (χ0v) is 11.7. The fourth-order valence-electron chi connectivity index (χ4n) is 1.42. The number of carboxylic acids is 1. The van der Waals surface area contributed by atoms with Gasteiger partial charge in [0, 0.05) is 6.08 Å². The molecule has 2 N–H and O–H groups in total. The number of hydrogen-bond donors (Lipinski definition) is 2. The largest absolute Gasteiger partial charge is 0.495 e. The number of methoxy groups -OCH3 is 1. The second kappa shape index (κ2) is 7.14. The Hall–Kier alpha value is -2.00. The van der Waals surface area contributed by atoms with Crippen LogP contribution in [-0.2, 0) is 14.8 Å². The van der Waals surface area contributed by atoms with Crippen LogP contribution >= 0.6 is 0 Å². The van der Waals surface area contributed by atoms with Crippen LogP contribution in [0.3, 0.4) is 0 Å². The summed E-state index contributed by atoms with van der Waals surface area (Å²) < 4.78 is 54.7. The Kier molecular flexibility index (Phi) is 5.79. The highest BCUT2D eigenvalue weighted by molar-refractivity contribution is 7.89. The van der Waals surface area contributed by atoms with Crippen LogP contribution in [0, 0.1) is 0 Å². The Labute approximate surface area is 120 Å². The lowest BCUT2D eigenvalue weighted by molar-refractivity contribution is -0.131. The Morgan fingerprint density at radius 3 is 2.67 bits per heavy atom. The second-order valence-corrected chi connectivity index (χ2v) is 5.56. The summed E-state index contributed by atoms with van der Waals surface area (Å²) >= 11 is 0. The van der Waals surface area contributed by atoms with Gasteiger partial charge in [0.15, 0.2) is 0 Å². The lowest BCUT2D eigenvalue weighted by atomic mass is 10.2. The molecule has 1 aromatic carbocycles. The highest BCUT2D eigenvalue weighted by Crippen LogP contribution is 2.25.